The Morgan fingerprint density at radius 3 is 2.53 bits per heavy atom. The van der Waals surface area contributed by atoms with Crippen LogP contribution in [-0.2, 0) is 0 Å². The first kappa shape index (κ1) is 14.1. The summed E-state index contributed by atoms with van der Waals surface area (Å²) in [5.41, 5.74) is 1.24. The van der Waals surface area contributed by atoms with Crippen LogP contribution in [0.3, 0.4) is 0 Å². The van der Waals surface area contributed by atoms with Gasteiger partial charge in [0.25, 0.3) is 0 Å². The van der Waals surface area contributed by atoms with Gasteiger partial charge in [-0.2, -0.15) is 0 Å². The number of hydrogen-bond acceptors (Lipinski definition) is 2. The van der Waals surface area contributed by atoms with Gasteiger partial charge < -0.3 is 10.2 Å². The van der Waals surface area contributed by atoms with Gasteiger partial charge in [0.05, 0.1) is 0 Å². The maximum absolute atomic E-state index is 4.16. The Balaban J connectivity index is 4.04. The van der Waals surface area contributed by atoms with Crippen LogP contribution in [0.25, 0.3) is 0 Å². The first-order valence-corrected chi connectivity index (χ1v) is 5.91. The van der Waals surface area contributed by atoms with Crippen molar-refractivity contribution in [2.75, 3.05) is 19.6 Å². The van der Waals surface area contributed by atoms with Crippen molar-refractivity contribution >= 4 is 0 Å². The minimum absolute atomic E-state index is 0.533. The van der Waals surface area contributed by atoms with Crippen LogP contribution in [0.4, 0.5) is 0 Å². The molecule has 1 N–H and O–H groups in total. The van der Waals surface area contributed by atoms with Crippen LogP contribution in [-0.4, -0.2) is 24.5 Å². The Kier molecular flexibility index (Phi) is 7.88. The molecule has 0 rings (SSSR count). The number of unbranched alkanes of at least 4 members (excludes halogenated alkanes) is 1. The molecule has 0 aromatic carbocycles. The molecular formula is C13H26N2. The Morgan fingerprint density at radius 2 is 2.07 bits per heavy atom. The van der Waals surface area contributed by atoms with Crippen LogP contribution >= 0.6 is 0 Å². The lowest BCUT2D eigenvalue weighted by atomic mass is 10.1. The average molecular weight is 210 g/mol. The number of hydrogen-bond donors (Lipinski definition) is 1. The molecule has 0 heterocycles. The van der Waals surface area contributed by atoms with Gasteiger partial charge in [0.15, 0.2) is 0 Å². The summed E-state index contributed by atoms with van der Waals surface area (Å²) in [7, 11) is 0. The Bertz CT molecular complexity index is 185. The van der Waals surface area contributed by atoms with Gasteiger partial charge in [-0.15, -0.1) is 0 Å². The van der Waals surface area contributed by atoms with E-state index in [-0.39, 0.29) is 0 Å². The molecule has 0 spiro atoms. The molecule has 0 saturated carbocycles. The summed E-state index contributed by atoms with van der Waals surface area (Å²) in [5.74, 6) is 0.533. The van der Waals surface area contributed by atoms with Gasteiger partial charge >= 0.3 is 0 Å². The second-order valence-electron chi connectivity index (χ2n) is 4.14. The molecule has 0 aliphatic rings. The second-order valence-corrected chi connectivity index (χ2v) is 4.14. The van der Waals surface area contributed by atoms with E-state index < -0.39 is 0 Å². The van der Waals surface area contributed by atoms with Crippen molar-refractivity contribution in [2.45, 2.75) is 33.6 Å². The van der Waals surface area contributed by atoms with E-state index in [4.69, 9.17) is 0 Å². The van der Waals surface area contributed by atoms with E-state index >= 15 is 0 Å². The zero-order valence-electron chi connectivity index (χ0n) is 10.6. The predicted molar refractivity (Wildman–Crippen MR) is 68.7 cm³/mol. The van der Waals surface area contributed by atoms with Gasteiger partial charge in [0.1, 0.15) is 0 Å². The SMILES string of the molecule is C=CNCCN(CCCC)C(=C)C(C)C. The highest BCUT2D eigenvalue weighted by molar-refractivity contribution is 4.97. The molecule has 88 valence electrons. The topological polar surface area (TPSA) is 15.3 Å². The van der Waals surface area contributed by atoms with E-state index in [2.05, 4.69) is 44.1 Å². The fourth-order valence-corrected chi connectivity index (χ4v) is 1.41. The van der Waals surface area contributed by atoms with Crippen molar-refractivity contribution in [2.24, 2.45) is 5.92 Å². The molecule has 0 fully saturated rings. The summed E-state index contributed by atoms with van der Waals surface area (Å²) in [6.45, 7) is 17.5. The Labute approximate surface area is 95.0 Å². The molecule has 2 heteroatoms. The molecule has 2 nitrogen and oxygen atoms in total. The number of nitrogens with one attached hydrogen (secondary N) is 1. The predicted octanol–water partition coefficient (Wildman–Crippen LogP) is 2.99. The Hall–Kier alpha value is -0.920. The fourth-order valence-electron chi connectivity index (χ4n) is 1.41. The largest absolute Gasteiger partial charge is 0.390 e. The van der Waals surface area contributed by atoms with Crippen LogP contribution < -0.4 is 5.32 Å². The number of nitrogens with zero attached hydrogens (tertiary/aromatic N) is 1. The zero-order chi connectivity index (χ0) is 11.7. The van der Waals surface area contributed by atoms with E-state index in [1.807, 2.05) is 0 Å². The summed E-state index contributed by atoms with van der Waals surface area (Å²) >= 11 is 0. The van der Waals surface area contributed by atoms with Gasteiger partial charge in [0.2, 0.25) is 0 Å². The zero-order valence-corrected chi connectivity index (χ0v) is 10.6. The second kappa shape index (κ2) is 8.39. The summed E-state index contributed by atoms with van der Waals surface area (Å²) in [6.07, 6.45) is 4.22. The highest BCUT2D eigenvalue weighted by Crippen LogP contribution is 2.13. The van der Waals surface area contributed by atoms with Gasteiger partial charge in [-0.1, -0.05) is 40.3 Å². The van der Waals surface area contributed by atoms with E-state index in [0.29, 0.717) is 5.92 Å². The van der Waals surface area contributed by atoms with E-state index in [1.54, 1.807) is 6.20 Å². The lowest BCUT2D eigenvalue weighted by molar-refractivity contribution is 0.311. The van der Waals surface area contributed by atoms with E-state index in [1.165, 1.54) is 18.5 Å². The van der Waals surface area contributed by atoms with E-state index in [0.717, 1.165) is 19.6 Å². The lowest BCUT2D eigenvalue weighted by Crippen LogP contribution is -2.32. The molecule has 0 amide bonds. The first-order valence-electron chi connectivity index (χ1n) is 5.91. The van der Waals surface area contributed by atoms with Crippen molar-refractivity contribution in [3.63, 3.8) is 0 Å². The number of allylic oxidation sites excluding steroid dienone is 1. The molecule has 0 unspecified atom stereocenters. The highest BCUT2D eigenvalue weighted by Gasteiger charge is 2.09. The van der Waals surface area contributed by atoms with Gasteiger partial charge in [-0.05, 0) is 18.5 Å². The normalized spacial score (nSPS) is 10.1. The summed E-state index contributed by atoms with van der Waals surface area (Å²) in [5, 5.41) is 3.13. The molecule has 15 heavy (non-hydrogen) atoms. The monoisotopic (exact) mass is 210 g/mol. The van der Waals surface area contributed by atoms with Crippen LogP contribution in [0.1, 0.15) is 33.6 Å². The van der Waals surface area contributed by atoms with Crippen molar-refractivity contribution in [3.05, 3.63) is 25.1 Å². The van der Waals surface area contributed by atoms with Crippen LogP contribution in [0.15, 0.2) is 25.1 Å². The van der Waals surface area contributed by atoms with Crippen LogP contribution in [0.2, 0.25) is 0 Å². The quantitative estimate of drug-likeness (QED) is 0.589. The summed E-state index contributed by atoms with van der Waals surface area (Å²) in [6, 6.07) is 0. The highest BCUT2D eigenvalue weighted by atomic mass is 15.1. The molecule has 0 aromatic rings. The Morgan fingerprint density at radius 1 is 1.40 bits per heavy atom. The first-order chi connectivity index (χ1) is 7.13. The van der Waals surface area contributed by atoms with Crippen molar-refractivity contribution in [3.8, 4) is 0 Å². The standard InChI is InChI=1S/C13H26N2/c1-6-8-10-15(11-9-14-7-2)13(5)12(3)4/h7,12,14H,2,5-6,8-11H2,1,3-4H3. The smallest absolute Gasteiger partial charge is 0.0348 e. The molecule has 0 aliphatic carbocycles. The maximum atomic E-state index is 4.16. The minimum Gasteiger partial charge on any atom is -0.390 e. The van der Waals surface area contributed by atoms with Crippen molar-refractivity contribution in [1.82, 2.24) is 10.2 Å². The molecule has 0 atom stereocenters. The van der Waals surface area contributed by atoms with Crippen molar-refractivity contribution < 1.29 is 0 Å². The third-order valence-corrected chi connectivity index (χ3v) is 2.52. The van der Waals surface area contributed by atoms with Crippen molar-refractivity contribution in [1.29, 1.82) is 0 Å². The van der Waals surface area contributed by atoms with Gasteiger partial charge in [-0.3, -0.25) is 0 Å². The maximum Gasteiger partial charge on any atom is 0.0348 e. The third kappa shape index (κ3) is 6.21. The molecule has 0 saturated heterocycles. The minimum atomic E-state index is 0.533. The van der Waals surface area contributed by atoms with Crippen LogP contribution in [0, 0.1) is 5.92 Å². The van der Waals surface area contributed by atoms with E-state index in [9.17, 15) is 0 Å². The molecular weight excluding hydrogens is 184 g/mol. The third-order valence-electron chi connectivity index (χ3n) is 2.52. The molecule has 0 bridgehead atoms. The number of rotatable bonds is 9. The summed E-state index contributed by atoms with van der Waals surface area (Å²) in [4.78, 5) is 2.38. The van der Waals surface area contributed by atoms with Gasteiger partial charge in [-0.25, -0.2) is 0 Å². The summed E-state index contributed by atoms with van der Waals surface area (Å²) < 4.78 is 0. The van der Waals surface area contributed by atoms with Gasteiger partial charge in [0, 0.05) is 25.3 Å². The molecule has 0 radical (unpaired) electrons. The molecule has 0 aliphatic heterocycles. The van der Waals surface area contributed by atoms with Crippen LogP contribution in [0.5, 0.6) is 0 Å². The fraction of sp³-hybridized carbons (Fsp3) is 0.692. The average Bonchev–Trinajstić information content (AvgIpc) is 2.22. The molecule has 0 aromatic heterocycles. The lowest BCUT2D eigenvalue weighted by Gasteiger charge is -2.29.